The Balaban J connectivity index is 0. The van der Waals surface area contributed by atoms with Crippen molar-refractivity contribution in [2.45, 2.75) is 6.92 Å². The van der Waals surface area contributed by atoms with Crippen LogP contribution in [0.5, 0.6) is 0 Å². The van der Waals surface area contributed by atoms with E-state index in [0.717, 1.165) is 12.2 Å². The minimum atomic E-state index is 1.07. The Morgan fingerprint density at radius 2 is 1.33 bits per heavy atom. The maximum Gasteiger partial charge on any atom is 0.253 e. The summed E-state index contributed by atoms with van der Waals surface area (Å²) in [5.74, 6) is 0. The molecular formula is C9H8Cl2N2O2. The Morgan fingerprint density at radius 3 is 1.47 bits per heavy atom. The maximum atomic E-state index is 8.75. The zero-order valence-corrected chi connectivity index (χ0v) is 9.37. The van der Waals surface area contributed by atoms with E-state index in [2.05, 4.69) is 51.6 Å². The second kappa shape index (κ2) is 15.1. The van der Waals surface area contributed by atoms with Crippen LogP contribution in [-0.4, -0.2) is 12.2 Å². The Kier molecular flexibility index (Phi) is 16.1. The van der Waals surface area contributed by atoms with Gasteiger partial charge in [0.1, 0.15) is 0 Å². The van der Waals surface area contributed by atoms with Gasteiger partial charge in [0.05, 0.1) is 0 Å². The monoisotopic (exact) mass is 246 g/mol. The van der Waals surface area contributed by atoms with Gasteiger partial charge in [0.2, 0.25) is 0 Å². The summed E-state index contributed by atoms with van der Waals surface area (Å²) in [6, 6.07) is 10.3. The lowest BCUT2D eigenvalue weighted by Gasteiger charge is -1.82. The third-order valence-electron chi connectivity index (χ3n) is 1.01. The highest BCUT2D eigenvalue weighted by molar-refractivity contribution is 6.16. The van der Waals surface area contributed by atoms with Gasteiger partial charge in [-0.3, -0.25) is 0 Å². The predicted molar refractivity (Wildman–Crippen MR) is 59.1 cm³/mol. The summed E-state index contributed by atoms with van der Waals surface area (Å²) in [6.45, 7) is 2.08. The molecule has 15 heavy (non-hydrogen) atoms. The van der Waals surface area contributed by atoms with Crippen molar-refractivity contribution in [2.24, 2.45) is 9.02 Å². The fourth-order valence-corrected chi connectivity index (χ4v) is 0.534. The maximum absolute atomic E-state index is 8.75. The van der Waals surface area contributed by atoms with Crippen LogP contribution in [0.3, 0.4) is 0 Å². The highest BCUT2D eigenvalue weighted by Crippen LogP contribution is 1.92. The second-order valence-electron chi connectivity index (χ2n) is 2.01. The van der Waals surface area contributed by atoms with Crippen LogP contribution in [0.4, 0.5) is 0 Å². The topological polar surface area (TPSA) is 58.9 Å². The Bertz CT molecular complexity index is 315. The van der Waals surface area contributed by atoms with Gasteiger partial charge in [-0.25, -0.2) is 9.59 Å². The van der Waals surface area contributed by atoms with Crippen molar-refractivity contribution in [2.75, 3.05) is 0 Å². The lowest BCUT2D eigenvalue weighted by Crippen LogP contribution is -1.62. The van der Waals surface area contributed by atoms with Gasteiger partial charge in [0.25, 0.3) is 12.2 Å². The molecule has 6 heteroatoms. The van der Waals surface area contributed by atoms with E-state index in [1.165, 1.54) is 5.56 Å². The molecule has 1 aromatic carbocycles. The number of rotatable bonds is 0. The molecule has 1 rings (SSSR count). The first-order valence-electron chi connectivity index (χ1n) is 3.60. The van der Waals surface area contributed by atoms with E-state index in [-0.39, 0.29) is 0 Å². The Labute approximate surface area is 97.5 Å². The van der Waals surface area contributed by atoms with Gasteiger partial charge in [0, 0.05) is 23.6 Å². The fraction of sp³-hybridized carbons (Fsp3) is 0.111. The third kappa shape index (κ3) is 19.1. The molecule has 80 valence electrons. The molecule has 0 aliphatic heterocycles. The number of isocyanates is 2. The number of nitrogens with zero attached hydrogens (tertiary/aromatic N) is 2. The Hall–Kier alpha value is -1.44. The first-order valence-corrected chi connectivity index (χ1v) is 4.28. The number of aryl methyl sites for hydroxylation is 1. The van der Waals surface area contributed by atoms with E-state index in [1.807, 2.05) is 18.2 Å². The minimum absolute atomic E-state index is 1.07. The van der Waals surface area contributed by atoms with Crippen LogP contribution in [0, 0.1) is 6.92 Å². The standard InChI is InChI=1S/C7H8.2CClNO/c1-7-5-3-2-4-6-7;2*2-3-1-4/h2-6H,1H3;;. The highest BCUT2D eigenvalue weighted by atomic mass is 35.5. The highest BCUT2D eigenvalue weighted by Gasteiger charge is 1.72. The zero-order valence-electron chi connectivity index (χ0n) is 7.85. The van der Waals surface area contributed by atoms with Crippen LogP contribution in [0.2, 0.25) is 0 Å². The quantitative estimate of drug-likeness (QED) is 0.522. The van der Waals surface area contributed by atoms with Gasteiger partial charge in [-0.1, -0.05) is 44.9 Å². The number of benzene rings is 1. The van der Waals surface area contributed by atoms with Crippen molar-refractivity contribution in [1.29, 1.82) is 0 Å². The summed E-state index contributed by atoms with van der Waals surface area (Å²) in [4.78, 5) is 17.5. The second-order valence-corrected chi connectivity index (χ2v) is 2.34. The molecule has 0 heterocycles. The zero-order chi connectivity index (χ0) is 11.9. The number of hydrogen-bond donors (Lipinski definition) is 0. The van der Waals surface area contributed by atoms with Gasteiger partial charge in [-0.05, 0) is 6.92 Å². The molecule has 0 spiro atoms. The van der Waals surface area contributed by atoms with E-state index in [9.17, 15) is 0 Å². The smallest absolute Gasteiger partial charge is 0.210 e. The van der Waals surface area contributed by atoms with E-state index < -0.39 is 0 Å². The van der Waals surface area contributed by atoms with Gasteiger partial charge < -0.3 is 0 Å². The molecule has 0 aliphatic carbocycles. The number of hydrogen-bond acceptors (Lipinski definition) is 4. The van der Waals surface area contributed by atoms with Crippen LogP contribution < -0.4 is 0 Å². The first kappa shape index (κ1) is 16.0. The van der Waals surface area contributed by atoms with E-state index >= 15 is 0 Å². The molecule has 0 aliphatic rings. The number of halogens is 2. The average molecular weight is 247 g/mol. The summed E-state index contributed by atoms with van der Waals surface area (Å²) in [7, 11) is 0. The largest absolute Gasteiger partial charge is 0.253 e. The summed E-state index contributed by atoms with van der Waals surface area (Å²) in [5, 5.41) is 0. The molecule has 0 unspecified atom stereocenters. The van der Waals surface area contributed by atoms with Crippen molar-refractivity contribution in [3.8, 4) is 0 Å². The molecule has 0 atom stereocenters. The molecule has 0 amide bonds. The summed E-state index contributed by atoms with van der Waals surface area (Å²) < 4.78 is 4.81. The lowest BCUT2D eigenvalue weighted by atomic mass is 10.2. The molecule has 0 saturated carbocycles. The molecule has 1 aromatic rings. The van der Waals surface area contributed by atoms with E-state index in [4.69, 9.17) is 9.59 Å². The summed E-state index contributed by atoms with van der Waals surface area (Å²) in [6.07, 6.45) is 2.14. The molecule has 0 radical (unpaired) electrons. The van der Waals surface area contributed by atoms with Crippen molar-refractivity contribution in [1.82, 2.24) is 0 Å². The fourth-order valence-electron chi connectivity index (χ4n) is 0.534. The van der Waals surface area contributed by atoms with Gasteiger partial charge in [0.15, 0.2) is 0 Å². The van der Waals surface area contributed by atoms with Crippen molar-refractivity contribution < 1.29 is 9.59 Å². The predicted octanol–water partition coefficient (Wildman–Crippen LogP) is 2.95. The molecule has 0 N–H and O–H groups in total. The van der Waals surface area contributed by atoms with Crippen LogP contribution in [-0.2, 0) is 9.59 Å². The van der Waals surface area contributed by atoms with Crippen LogP contribution in [0.25, 0.3) is 0 Å². The third-order valence-corrected chi connectivity index (χ3v) is 1.15. The lowest BCUT2D eigenvalue weighted by molar-refractivity contribution is 0.565. The Morgan fingerprint density at radius 1 is 1.00 bits per heavy atom. The van der Waals surface area contributed by atoms with E-state index in [1.54, 1.807) is 0 Å². The van der Waals surface area contributed by atoms with Gasteiger partial charge in [-0.2, -0.15) is 0 Å². The summed E-state index contributed by atoms with van der Waals surface area (Å²) >= 11 is 8.77. The summed E-state index contributed by atoms with van der Waals surface area (Å²) in [5.41, 5.74) is 1.32. The first-order chi connectivity index (χ1) is 7.22. The van der Waals surface area contributed by atoms with Gasteiger partial charge >= 0.3 is 0 Å². The van der Waals surface area contributed by atoms with Crippen LogP contribution in [0.15, 0.2) is 39.4 Å². The van der Waals surface area contributed by atoms with E-state index in [0.29, 0.717) is 0 Å². The number of carbonyl (C=O) groups excluding carboxylic acids is 2. The molecule has 0 fully saturated rings. The molecule has 0 aromatic heterocycles. The van der Waals surface area contributed by atoms with Gasteiger partial charge in [-0.15, -0.1) is 0 Å². The molecule has 0 saturated heterocycles. The SMILES string of the molecule is Cc1ccccc1.O=C=NCl.O=C=NCl. The molecular weight excluding hydrogens is 239 g/mol. The van der Waals surface area contributed by atoms with Crippen LogP contribution >= 0.6 is 23.6 Å². The molecule has 4 nitrogen and oxygen atoms in total. The van der Waals surface area contributed by atoms with Crippen molar-refractivity contribution >= 4 is 35.7 Å². The van der Waals surface area contributed by atoms with Crippen LogP contribution in [0.1, 0.15) is 5.56 Å². The minimum Gasteiger partial charge on any atom is -0.210 e. The normalized spacial score (nSPS) is 6.33. The average Bonchev–Trinajstić information content (AvgIpc) is 2.31. The van der Waals surface area contributed by atoms with Crippen molar-refractivity contribution in [3.05, 3.63) is 35.9 Å². The van der Waals surface area contributed by atoms with Crippen molar-refractivity contribution in [3.63, 3.8) is 0 Å². The molecule has 0 bridgehead atoms.